The number of amides is 1. The lowest BCUT2D eigenvalue weighted by Gasteiger charge is -2.09. The maximum absolute atomic E-state index is 12.6. The molecule has 0 unspecified atom stereocenters. The van der Waals surface area contributed by atoms with Crippen LogP contribution in [-0.2, 0) is 7.05 Å². The van der Waals surface area contributed by atoms with Gasteiger partial charge in [0.15, 0.2) is 5.21 Å². The SMILES string of the molecule is C[n+]1[nH]nnc1Sc1ccc(N=O)cc1C(=O)Nc1ccc(Cl)cc1. The second-order valence-electron chi connectivity index (χ2n) is 4.98. The van der Waals surface area contributed by atoms with Crippen LogP contribution in [0.25, 0.3) is 0 Å². The Bertz CT molecular complexity index is 928. The molecule has 8 nitrogen and oxygen atoms in total. The minimum absolute atomic E-state index is 0.162. The highest BCUT2D eigenvalue weighted by Crippen LogP contribution is 2.30. The summed E-state index contributed by atoms with van der Waals surface area (Å²) < 4.78 is 1.61. The Labute approximate surface area is 151 Å². The Balaban J connectivity index is 1.91. The summed E-state index contributed by atoms with van der Waals surface area (Å²) in [5.41, 5.74) is 1.05. The number of benzene rings is 2. The minimum Gasteiger partial charge on any atom is -0.322 e. The van der Waals surface area contributed by atoms with Crippen molar-refractivity contribution in [1.82, 2.24) is 15.5 Å². The molecule has 0 fully saturated rings. The van der Waals surface area contributed by atoms with Gasteiger partial charge in [-0.15, -0.1) is 4.91 Å². The number of rotatable bonds is 5. The standard InChI is InChI=1S/C15H11ClN6O2S/c1-22-15(18-20-21-22)25-13-7-6-11(19-24)8-12(13)14(23)17-10-4-2-9(16)3-5-10/h2-8H,1H3,(H,17,23)/p+1. The second kappa shape index (κ2) is 7.41. The zero-order valence-electron chi connectivity index (χ0n) is 12.9. The number of aryl methyl sites for hydroxylation is 1. The first-order valence-corrected chi connectivity index (χ1v) is 8.25. The predicted octanol–water partition coefficient (Wildman–Crippen LogP) is 3.08. The van der Waals surface area contributed by atoms with E-state index in [1.165, 1.54) is 23.9 Å². The van der Waals surface area contributed by atoms with E-state index in [1.807, 2.05) is 0 Å². The van der Waals surface area contributed by atoms with E-state index in [2.05, 4.69) is 26.0 Å². The van der Waals surface area contributed by atoms with Crippen molar-refractivity contribution >= 4 is 40.6 Å². The van der Waals surface area contributed by atoms with Crippen molar-refractivity contribution in [2.24, 2.45) is 12.2 Å². The smallest absolute Gasteiger partial charge is 0.322 e. The number of hydrogen-bond acceptors (Lipinski definition) is 6. The number of nitroso groups, excluding NO2 is 1. The summed E-state index contributed by atoms with van der Waals surface area (Å²) in [7, 11) is 1.75. The van der Waals surface area contributed by atoms with Crippen LogP contribution >= 0.6 is 23.4 Å². The molecule has 1 amide bonds. The molecule has 2 N–H and O–H groups in total. The van der Waals surface area contributed by atoms with Gasteiger partial charge in [0.1, 0.15) is 10.8 Å². The van der Waals surface area contributed by atoms with Crippen molar-refractivity contribution in [3.63, 3.8) is 0 Å². The fraction of sp³-hybridized carbons (Fsp3) is 0.0667. The third-order valence-corrected chi connectivity index (χ3v) is 4.60. The lowest BCUT2D eigenvalue weighted by Crippen LogP contribution is -2.32. The van der Waals surface area contributed by atoms with E-state index in [9.17, 15) is 9.70 Å². The maximum Gasteiger partial charge on any atom is 0.364 e. The second-order valence-corrected chi connectivity index (χ2v) is 6.42. The summed E-state index contributed by atoms with van der Waals surface area (Å²) in [4.78, 5) is 24.1. The van der Waals surface area contributed by atoms with E-state index in [4.69, 9.17) is 11.6 Å². The van der Waals surface area contributed by atoms with Crippen LogP contribution in [0.15, 0.2) is 57.7 Å². The van der Waals surface area contributed by atoms with Crippen molar-refractivity contribution in [3.05, 3.63) is 58.0 Å². The first-order valence-electron chi connectivity index (χ1n) is 7.06. The highest BCUT2D eigenvalue weighted by Gasteiger charge is 2.19. The van der Waals surface area contributed by atoms with Gasteiger partial charge in [-0.2, -0.15) is 4.68 Å². The molecule has 0 saturated heterocycles. The van der Waals surface area contributed by atoms with Gasteiger partial charge in [-0.05, 0) is 59.4 Å². The number of carbonyl (C=O) groups excluding carboxylic acids is 1. The summed E-state index contributed by atoms with van der Waals surface area (Å²) >= 11 is 7.08. The lowest BCUT2D eigenvalue weighted by molar-refractivity contribution is -0.765. The first kappa shape index (κ1) is 17.1. The average molecular weight is 376 g/mol. The van der Waals surface area contributed by atoms with Crippen LogP contribution in [0.1, 0.15) is 10.4 Å². The first-order chi connectivity index (χ1) is 12.1. The van der Waals surface area contributed by atoms with E-state index in [0.717, 1.165) is 0 Å². The summed E-state index contributed by atoms with van der Waals surface area (Å²) in [6.45, 7) is 0. The number of aromatic amines is 1. The van der Waals surface area contributed by atoms with Crippen LogP contribution in [0.4, 0.5) is 11.4 Å². The molecular formula is C15H12ClN6O2S+. The molecule has 0 aliphatic heterocycles. The van der Waals surface area contributed by atoms with E-state index in [-0.39, 0.29) is 11.6 Å². The van der Waals surface area contributed by atoms with Crippen LogP contribution in [0.2, 0.25) is 5.02 Å². The van der Waals surface area contributed by atoms with Crippen LogP contribution in [0.5, 0.6) is 0 Å². The fourth-order valence-corrected chi connectivity index (χ4v) is 2.98. The number of anilines is 1. The summed E-state index contributed by atoms with van der Waals surface area (Å²) in [6, 6.07) is 11.3. The minimum atomic E-state index is -0.374. The number of H-pyrrole nitrogens is 1. The molecule has 3 rings (SSSR count). The molecule has 25 heavy (non-hydrogen) atoms. The Morgan fingerprint density at radius 3 is 2.68 bits per heavy atom. The zero-order chi connectivity index (χ0) is 17.8. The molecule has 0 aliphatic rings. The molecule has 126 valence electrons. The number of tetrazole rings is 1. The Kier molecular flexibility index (Phi) is 5.05. The summed E-state index contributed by atoms with van der Waals surface area (Å²) in [5, 5.41) is 17.1. The van der Waals surface area contributed by atoms with E-state index < -0.39 is 0 Å². The Morgan fingerprint density at radius 1 is 1.28 bits per heavy atom. The van der Waals surface area contributed by atoms with Crippen molar-refractivity contribution in [2.45, 2.75) is 10.1 Å². The molecule has 2 aromatic carbocycles. The molecule has 0 radical (unpaired) electrons. The number of aromatic nitrogens is 4. The largest absolute Gasteiger partial charge is 0.364 e. The molecular weight excluding hydrogens is 364 g/mol. The quantitative estimate of drug-likeness (QED) is 0.526. The van der Waals surface area contributed by atoms with Gasteiger partial charge in [0, 0.05) is 15.6 Å². The monoisotopic (exact) mass is 375 g/mol. The van der Waals surface area contributed by atoms with Crippen LogP contribution in [-0.4, -0.2) is 21.4 Å². The zero-order valence-corrected chi connectivity index (χ0v) is 14.5. The van der Waals surface area contributed by atoms with Crippen LogP contribution in [0, 0.1) is 4.91 Å². The molecule has 1 heterocycles. The Hall–Kier alpha value is -2.78. The predicted molar refractivity (Wildman–Crippen MR) is 93.0 cm³/mol. The van der Waals surface area contributed by atoms with E-state index in [0.29, 0.717) is 26.3 Å². The summed E-state index contributed by atoms with van der Waals surface area (Å²) in [5.74, 6) is -0.374. The third-order valence-electron chi connectivity index (χ3n) is 3.23. The third kappa shape index (κ3) is 4.01. The summed E-state index contributed by atoms with van der Waals surface area (Å²) in [6.07, 6.45) is 0. The van der Waals surface area contributed by atoms with Gasteiger partial charge in [0.05, 0.1) is 12.6 Å². The highest BCUT2D eigenvalue weighted by atomic mass is 35.5. The van der Waals surface area contributed by atoms with Gasteiger partial charge in [-0.1, -0.05) is 16.8 Å². The highest BCUT2D eigenvalue weighted by molar-refractivity contribution is 7.99. The molecule has 0 aliphatic carbocycles. The number of nitrogens with one attached hydrogen (secondary N) is 2. The number of halogens is 1. The van der Waals surface area contributed by atoms with Crippen molar-refractivity contribution in [1.29, 1.82) is 0 Å². The molecule has 0 bridgehead atoms. The van der Waals surface area contributed by atoms with Crippen molar-refractivity contribution in [2.75, 3.05) is 5.32 Å². The van der Waals surface area contributed by atoms with Crippen LogP contribution in [0.3, 0.4) is 0 Å². The van der Waals surface area contributed by atoms with E-state index >= 15 is 0 Å². The number of hydrogen-bond donors (Lipinski definition) is 2. The van der Waals surface area contributed by atoms with Gasteiger partial charge >= 0.3 is 5.16 Å². The molecule has 10 heteroatoms. The van der Waals surface area contributed by atoms with Gasteiger partial charge in [0.2, 0.25) is 0 Å². The molecule has 0 saturated carbocycles. The van der Waals surface area contributed by atoms with E-state index in [1.54, 1.807) is 42.1 Å². The average Bonchev–Trinajstić information content (AvgIpc) is 3.02. The van der Waals surface area contributed by atoms with Crippen molar-refractivity contribution < 1.29 is 9.48 Å². The molecule has 1 aromatic heterocycles. The maximum atomic E-state index is 12.6. The molecule has 0 spiro atoms. The van der Waals surface area contributed by atoms with Gasteiger partial charge in [-0.25, -0.2) is 0 Å². The Morgan fingerprint density at radius 2 is 2.04 bits per heavy atom. The molecule has 3 aromatic rings. The normalized spacial score (nSPS) is 10.5. The van der Waals surface area contributed by atoms with Gasteiger partial charge in [0.25, 0.3) is 5.91 Å². The van der Waals surface area contributed by atoms with Crippen molar-refractivity contribution in [3.8, 4) is 0 Å². The molecule has 0 atom stereocenters. The topological polar surface area (TPSA) is 104 Å². The van der Waals surface area contributed by atoms with Crippen LogP contribution < -0.4 is 10.00 Å². The van der Waals surface area contributed by atoms with Gasteiger partial charge < -0.3 is 5.32 Å². The number of carbonyl (C=O) groups is 1. The fourth-order valence-electron chi connectivity index (χ4n) is 2.00. The lowest BCUT2D eigenvalue weighted by atomic mass is 10.2. The number of nitrogens with zero attached hydrogens (tertiary/aromatic N) is 4. The van der Waals surface area contributed by atoms with Gasteiger partial charge in [-0.3, -0.25) is 4.79 Å².